The molecule has 0 aromatic rings. The van der Waals surface area contributed by atoms with Crippen molar-refractivity contribution >= 4 is 29.9 Å². The molecule has 0 aromatic heterocycles. The van der Waals surface area contributed by atoms with E-state index < -0.39 is 0 Å². The molecular weight excluding hydrogens is 403 g/mol. The summed E-state index contributed by atoms with van der Waals surface area (Å²) in [5.41, 5.74) is 5.92. The van der Waals surface area contributed by atoms with Gasteiger partial charge in [-0.3, -0.25) is 9.89 Å². The molecule has 23 heavy (non-hydrogen) atoms. The van der Waals surface area contributed by atoms with E-state index >= 15 is 0 Å². The van der Waals surface area contributed by atoms with Gasteiger partial charge in [-0.25, -0.2) is 0 Å². The van der Waals surface area contributed by atoms with E-state index in [4.69, 9.17) is 10.5 Å². The predicted molar refractivity (Wildman–Crippen MR) is 108 cm³/mol. The number of hydrogen-bond donors (Lipinski definition) is 2. The van der Waals surface area contributed by atoms with Crippen molar-refractivity contribution in [2.24, 2.45) is 16.6 Å². The van der Waals surface area contributed by atoms with E-state index in [9.17, 15) is 0 Å². The van der Waals surface area contributed by atoms with E-state index in [1.54, 1.807) is 0 Å². The number of morpholine rings is 1. The summed E-state index contributed by atoms with van der Waals surface area (Å²) in [6, 6.07) is 0. The van der Waals surface area contributed by atoms with Gasteiger partial charge in [0.25, 0.3) is 0 Å². The number of aliphatic imine (C=N–C) groups is 1. The first-order chi connectivity index (χ1) is 10.8. The van der Waals surface area contributed by atoms with Gasteiger partial charge in [0.2, 0.25) is 0 Å². The second kappa shape index (κ2) is 13.2. The van der Waals surface area contributed by atoms with Gasteiger partial charge in [-0.15, -0.1) is 24.0 Å². The molecule has 0 spiro atoms. The van der Waals surface area contributed by atoms with Crippen LogP contribution in [0, 0.1) is 5.92 Å². The molecule has 0 radical (unpaired) electrons. The van der Waals surface area contributed by atoms with Crippen LogP contribution in [0.2, 0.25) is 0 Å². The molecule has 3 N–H and O–H groups in total. The highest BCUT2D eigenvalue weighted by atomic mass is 127. The Hall–Kier alpha value is -0.0800. The molecule has 0 unspecified atom stereocenters. The molecule has 6 heteroatoms. The standard InChI is InChI=1S/C17H34N4O.HI/c18-17(19-9-4-8-16-6-2-1-3-7-16)20-10-5-11-21-12-14-22-15-13-21;/h16H,1-15H2,(H3,18,19,20);1H. The van der Waals surface area contributed by atoms with Crippen molar-refractivity contribution in [2.45, 2.75) is 51.4 Å². The number of halogens is 1. The minimum absolute atomic E-state index is 0. The Morgan fingerprint density at radius 2 is 1.87 bits per heavy atom. The average molecular weight is 438 g/mol. The van der Waals surface area contributed by atoms with Crippen LogP contribution in [0.1, 0.15) is 51.4 Å². The van der Waals surface area contributed by atoms with E-state index in [0.29, 0.717) is 5.96 Å². The Labute approximate surface area is 158 Å². The fraction of sp³-hybridized carbons (Fsp3) is 0.941. The lowest BCUT2D eigenvalue weighted by Crippen LogP contribution is -2.37. The van der Waals surface area contributed by atoms with Crippen LogP contribution in [-0.2, 0) is 4.74 Å². The van der Waals surface area contributed by atoms with Crippen molar-refractivity contribution in [1.29, 1.82) is 0 Å². The van der Waals surface area contributed by atoms with Crippen molar-refractivity contribution in [3.8, 4) is 0 Å². The topological polar surface area (TPSA) is 62.9 Å². The van der Waals surface area contributed by atoms with Gasteiger partial charge in [0.1, 0.15) is 0 Å². The summed E-state index contributed by atoms with van der Waals surface area (Å²) in [7, 11) is 0. The zero-order valence-corrected chi connectivity index (χ0v) is 16.8. The maximum Gasteiger partial charge on any atom is 0.188 e. The van der Waals surface area contributed by atoms with Crippen LogP contribution in [0.4, 0.5) is 0 Å². The minimum Gasteiger partial charge on any atom is -0.379 e. The molecule has 1 heterocycles. The van der Waals surface area contributed by atoms with Crippen LogP contribution in [0.5, 0.6) is 0 Å². The number of ether oxygens (including phenoxy) is 1. The molecule has 136 valence electrons. The van der Waals surface area contributed by atoms with Gasteiger partial charge in [0, 0.05) is 32.7 Å². The zero-order chi connectivity index (χ0) is 15.5. The monoisotopic (exact) mass is 438 g/mol. The smallest absolute Gasteiger partial charge is 0.188 e. The molecule has 0 aromatic carbocycles. The Kier molecular flexibility index (Phi) is 12.1. The molecule has 1 aliphatic heterocycles. The maximum absolute atomic E-state index is 5.92. The molecular formula is C17H35IN4O. The van der Waals surface area contributed by atoms with Crippen LogP contribution in [0.3, 0.4) is 0 Å². The Balaban J connectivity index is 0.00000264. The third-order valence-electron chi connectivity index (χ3n) is 4.84. The van der Waals surface area contributed by atoms with Gasteiger partial charge in [-0.2, -0.15) is 0 Å². The highest BCUT2D eigenvalue weighted by molar-refractivity contribution is 14.0. The van der Waals surface area contributed by atoms with E-state index in [0.717, 1.165) is 58.3 Å². The molecule has 2 aliphatic rings. The summed E-state index contributed by atoms with van der Waals surface area (Å²) < 4.78 is 5.34. The summed E-state index contributed by atoms with van der Waals surface area (Å²) in [6.45, 7) is 6.73. The van der Waals surface area contributed by atoms with Crippen LogP contribution in [-0.4, -0.2) is 56.8 Å². The molecule has 1 aliphatic carbocycles. The molecule has 5 nitrogen and oxygen atoms in total. The molecule has 2 rings (SSSR count). The van der Waals surface area contributed by atoms with Gasteiger partial charge in [0.15, 0.2) is 5.96 Å². The van der Waals surface area contributed by atoms with Crippen molar-refractivity contribution in [3.63, 3.8) is 0 Å². The van der Waals surface area contributed by atoms with Crippen molar-refractivity contribution in [3.05, 3.63) is 0 Å². The molecule has 1 saturated heterocycles. The fourth-order valence-corrected chi connectivity index (χ4v) is 3.46. The third kappa shape index (κ3) is 9.72. The number of rotatable bonds is 8. The van der Waals surface area contributed by atoms with E-state index in [2.05, 4.69) is 15.2 Å². The number of guanidine groups is 1. The predicted octanol–water partition coefficient (Wildman–Crippen LogP) is 2.59. The Morgan fingerprint density at radius 3 is 2.61 bits per heavy atom. The first-order valence-electron chi connectivity index (χ1n) is 9.18. The van der Waals surface area contributed by atoms with Crippen molar-refractivity contribution in [2.75, 3.05) is 45.9 Å². The van der Waals surface area contributed by atoms with Crippen LogP contribution in [0.25, 0.3) is 0 Å². The van der Waals surface area contributed by atoms with Crippen LogP contribution in [0.15, 0.2) is 4.99 Å². The Morgan fingerprint density at radius 1 is 1.13 bits per heavy atom. The maximum atomic E-state index is 5.92. The van der Waals surface area contributed by atoms with Gasteiger partial charge >= 0.3 is 0 Å². The van der Waals surface area contributed by atoms with Crippen molar-refractivity contribution in [1.82, 2.24) is 10.2 Å². The molecule has 2 fully saturated rings. The SMILES string of the molecule is I.NC(=NCCCN1CCOCC1)NCCCC1CCCCC1. The largest absolute Gasteiger partial charge is 0.379 e. The van der Waals surface area contributed by atoms with Gasteiger partial charge in [-0.05, 0) is 25.2 Å². The lowest BCUT2D eigenvalue weighted by Gasteiger charge is -2.26. The summed E-state index contributed by atoms with van der Waals surface area (Å²) >= 11 is 0. The number of nitrogens with zero attached hydrogens (tertiary/aromatic N) is 2. The first-order valence-corrected chi connectivity index (χ1v) is 9.18. The molecule has 1 saturated carbocycles. The third-order valence-corrected chi connectivity index (χ3v) is 4.84. The van der Waals surface area contributed by atoms with Gasteiger partial charge < -0.3 is 15.8 Å². The zero-order valence-electron chi connectivity index (χ0n) is 14.5. The minimum atomic E-state index is 0. The van der Waals surface area contributed by atoms with Gasteiger partial charge in [0.05, 0.1) is 13.2 Å². The Bertz CT molecular complexity index is 316. The highest BCUT2D eigenvalue weighted by Gasteiger charge is 2.12. The number of hydrogen-bond acceptors (Lipinski definition) is 3. The van der Waals surface area contributed by atoms with Crippen LogP contribution >= 0.6 is 24.0 Å². The summed E-state index contributed by atoms with van der Waals surface area (Å²) in [4.78, 5) is 6.86. The molecule has 0 amide bonds. The summed E-state index contributed by atoms with van der Waals surface area (Å²) in [5.74, 6) is 1.58. The van der Waals surface area contributed by atoms with Crippen molar-refractivity contribution < 1.29 is 4.74 Å². The van der Waals surface area contributed by atoms with Gasteiger partial charge in [-0.1, -0.05) is 32.1 Å². The summed E-state index contributed by atoms with van der Waals surface area (Å²) in [5, 5.41) is 3.25. The second-order valence-electron chi connectivity index (χ2n) is 6.65. The van der Waals surface area contributed by atoms with E-state index in [1.165, 1.54) is 44.9 Å². The quantitative estimate of drug-likeness (QED) is 0.265. The lowest BCUT2D eigenvalue weighted by molar-refractivity contribution is 0.0377. The normalized spacial score (nSPS) is 21.0. The van der Waals surface area contributed by atoms with E-state index in [1.807, 2.05) is 0 Å². The average Bonchev–Trinajstić information content (AvgIpc) is 2.57. The highest BCUT2D eigenvalue weighted by Crippen LogP contribution is 2.26. The molecule has 0 atom stereocenters. The van der Waals surface area contributed by atoms with E-state index in [-0.39, 0.29) is 24.0 Å². The second-order valence-corrected chi connectivity index (χ2v) is 6.65. The first kappa shape index (κ1) is 21.0. The number of nitrogens with two attached hydrogens (primary N) is 1. The summed E-state index contributed by atoms with van der Waals surface area (Å²) in [6.07, 6.45) is 10.8. The lowest BCUT2D eigenvalue weighted by atomic mass is 9.86. The number of nitrogens with one attached hydrogen (secondary N) is 1. The fourth-order valence-electron chi connectivity index (χ4n) is 3.46. The van der Waals surface area contributed by atoms with Crippen LogP contribution < -0.4 is 11.1 Å². The molecule has 0 bridgehead atoms.